The minimum atomic E-state index is 0. The molecule has 7 nitrogen and oxygen atoms in total. The van der Waals surface area contributed by atoms with Crippen LogP contribution in [0.25, 0.3) is 5.69 Å². The van der Waals surface area contributed by atoms with Crippen molar-refractivity contribution in [3.63, 3.8) is 0 Å². The Morgan fingerprint density at radius 3 is 2.66 bits per heavy atom. The maximum absolute atomic E-state index is 5.64. The Bertz CT molecular complexity index is 929. The molecule has 0 atom stereocenters. The molecule has 154 valence electrons. The van der Waals surface area contributed by atoms with Crippen LogP contribution in [-0.2, 0) is 6.54 Å². The highest BCUT2D eigenvalue weighted by Crippen LogP contribution is 2.30. The van der Waals surface area contributed by atoms with Crippen molar-refractivity contribution in [3.8, 4) is 17.2 Å². The number of halogens is 1. The highest BCUT2D eigenvalue weighted by atomic mass is 127. The van der Waals surface area contributed by atoms with Crippen LogP contribution in [0.15, 0.2) is 65.9 Å². The molecular weight excluding hydrogens is 481 g/mol. The van der Waals surface area contributed by atoms with Gasteiger partial charge in [0.15, 0.2) is 17.5 Å². The SMILES string of the molecule is CCOc1cc(NC(=NC)NCc2ccccc2-n2cccn2)ccc1OC.I. The van der Waals surface area contributed by atoms with Crippen molar-refractivity contribution < 1.29 is 9.47 Å². The number of anilines is 1. The molecule has 8 heteroatoms. The Morgan fingerprint density at radius 2 is 1.97 bits per heavy atom. The van der Waals surface area contributed by atoms with Crippen molar-refractivity contribution in [2.24, 2.45) is 4.99 Å². The Labute approximate surface area is 188 Å². The molecule has 0 amide bonds. The fourth-order valence-electron chi connectivity index (χ4n) is 2.81. The summed E-state index contributed by atoms with van der Waals surface area (Å²) < 4.78 is 12.8. The summed E-state index contributed by atoms with van der Waals surface area (Å²) in [6, 6.07) is 15.7. The van der Waals surface area contributed by atoms with Crippen LogP contribution in [0.2, 0.25) is 0 Å². The fourth-order valence-corrected chi connectivity index (χ4v) is 2.81. The first-order valence-electron chi connectivity index (χ1n) is 9.11. The molecule has 0 bridgehead atoms. The Balaban J connectivity index is 0.00000300. The van der Waals surface area contributed by atoms with Crippen LogP contribution in [0.5, 0.6) is 11.5 Å². The van der Waals surface area contributed by atoms with Gasteiger partial charge in [0.05, 0.1) is 19.4 Å². The van der Waals surface area contributed by atoms with E-state index in [2.05, 4.69) is 26.8 Å². The topological polar surface area (TPSA) is 72.7 Å². The molecule has 0 saturated heterocycles. The summed E-state index contributed by atoms with van der Waals surface area (Å²) >= 11 is 0. The zero-order valence-electron chi connectivity index (χ0n) is 16.8. The van der Waals surface area contributed by atoms with Crippen LogP contribution >= 0.6 is 24.0 Å². The molecule has 0 fully saturated rings. The lowest BCUT2D eigenvalue weighted by molar-refractivity contribution is 0.311. The van der Waals surface area contributed by atoms with Gasteiger partial charge in [0.1, 0.15) is 0 Å². The molecular formula is C21H26IN5O2. The number of ether oxygens (including phenoxy) is 2. The van der Waals surface area contributed by atoms with Gasteiger partial charge in [-0.25, -0.2) is 4.68 Å². The molecule has 3 rings (SSSR count). The lowest BCUT2D eigenvalue weighted by Gasteiger charge is -2.16. The van der Waals surface area contributed by atoms with E-state index in [1.807, 2.05) is 60.3 Å². The number of hydrogen-bond acceptors (Lipinski definition) is 4. The van der Waals surface area contributed by atoms with Gasteiger partial charge in [-0.3, -0.25) is 4.99 Å². The molecule has 0 aliphatic heterocycles. The number of hydrogen-bond donors (Lipinski definition) is 2. The predicted molar refractivity (Wildman–Crippen MR) is 127 cm³/mol. The summed E-state index contributed by atoms with van der Waals surface area (Å²) in [5.74, 6) is 2.04. The number of nitrogens with one attached hydrogen (secondary N) is 2. The zero-order chi connectivity index (χ0) is 19.8. The molecule has 0 aliphatic carbocycles. The van der Waals surface area contributed by atoms with Crippen LogP contribution in [0.3, 0.4) is 0 Å². The first-order chi connectivity index (χ1) is 13.7. The van der Waals surface area contributed by atoms with Crippen molar-refractivity contribution in [1.82, 2.24) is 15.1 Å². The van der Waals surface area contributed by atoms with Crippen molar-refractivity contribution in [2.45, 2.75) is 13.5 Å². The van der Waals surface area contributed by atoms with E-state index in [0.717, 1.165) is 16.9 Å². The van der Waals surface area contributed by atoms with E-state index in [0.29, 0.717) is 30.6 Å². The number of para-hydroxylation sites is 1. The molecule has 1 aromatic heterocycles. The molecule has 0 aliphatic rings. The van der Waals surface area contributed by atoms with Crippen LogP contribution in [-0.4, -0.2) is 36.5 Å². The fraction of sp³-hybridized carbons (Fsp3) is 0.238. The number of aliphatic imine (C=N–C) groups is 1. The maximum Gasteiger partial charge on any atom is 0.195 e. The number of benzene rings is 2. The van der Waals surface area contributed by atoms with E-state index in [-0.39, 0.29) is 24.0 Å². The molecule has 1 heterocycles. The van der Waals surface area contributed by atoms with Crippen LogP contribution in [0.4, 0.5) is 5.69 Å². The third-order valence-corrected chi connectivity index (χ3v) is 4.14. The quantitative estimate of drug-likeness (QED) is 0.287. The second-order valence-corrected chi connectivity index (χ2v) is 5.93. The first-order valence-corrected chi connectivity index (χ1v) is 9.11. The maximum atomic E-state index is 5.64. The molecule has 3 aromatic rings. The second-order valence-electron chi connectivity index (χ2n) is 5.93. The molecule has 0 radical (unpaired) electrons. The third kappa shape index (κ3) is 5.86. The summed E-state index contributed by atoms with van der Waals surface area (Å²) in [5, 5.41) is 10.9. The van der Waals surface area contributed by atoms with E-state index in [9.17, 15) is 0 Å². The molecule has 29 heavy (non-hydrogen) atoms. The van der Waals surface area contributed by atoms with Gasteiger partial charge >= 0.3 is 0 Å². The van der Waals surface area contributed by atoms with E-state index in [4.69, 9.17) is 9.47 Å². The molecule has 0 saturated carbocycles. The normalized spacial score (nSPS) is 10.8. The van der Waals surface area contributed by atoms with Gasteiger partial charge in [-0.2, -0.15) is 5.10 Å². The van der Waals surface area contributed by atoms with Crippen LogP contribution in [0, 0.1) is 0 Å². The predicted octanol–water partition coefficient (Wildman–Crippen LogP) is 4.09. The minimum absolute atomic E-state index is 0. The number of guanidine groups is 1. The van der Waals surface area contributed by atoms with Crippen LogP contribution in [0.1, 0.15) is 12.5 Å². The van der Waals surface area contributed by atoms with Gasteiger partial charge < -0.3 is 20.1 Å². The van der Waals surface area contributed by atoms with Crippen LogP contribution < -0.4 is 20.1 Å². The van der Waals surface area contributed by atoms with E-state index in [1.54, 1.807) is 20.4 Å². The average molecular weight is 507 g/mol. The van der Waals surface area contributed by atoms with E-state index in [1.165, 1.54) is 0 Å². The zero-order valence-corrected chi connectivity index (χ0v) is 19.1. The lowest BCUT2D eigenvalue weighted by Crippen LogP contribution is -2.30. The van der Waals surface area contributed by atoms with Gasteiger partial charge in [0, 0.05) is 37.7 Å². The molecule has 0 unspecified atom stereocenters. The summed E-state index contributed by atoms with van der Waals surface area (Å²) in [6.07, 6.45) is 3.70. The van der Waals surface area contributed by atoms with Gasteiger partial charge in [0.25, 0.3) is 0 Å². The van der Waals surface area contributed by atoms with Gasteiger partial charge in [0.2, 0.25) is 0 Å². The molecule has 0 spiro atoms. The van der Waals surface area contributed by atoms with Crippen molar-refractivity contribution >= 4 is 35.6 Å². The third-order valence-electron chi connectivity index (χ3n) is 4.14. The largest absolute Gasteiger partial charge is 0.493 e. The first kappa shape index (κ1) is 22.5. The number of aromatic nitrogens is 2. The van der Waals surface area contributed by atoms with Crippen molar-refractivity contribution in [2.75, 3.05) is 26.1 Å². The highest BCUT2D eigenvalue weighted by Gasteiger charge is 2.08. The van der Waals surface area contributed by atoms with Crippen molar-refractivity contribution in [3.05, 3.63) is 66.5 Å². The standard InChI is InChI=1S/C21H25N5O2.HI/c1-4-28-20-14-17(10-11-19(20)27-3)25-21(22-2)23-15-16-8-5-6-9-18(16)26-13-7-12-24-26;/h5-14H,4,15H2,1-3H3,(H2,22,23,25);1H. The van der Waals surface area contributed by atoms with Gasteiger partial charge in [-0.15, -0.1) is 24.0 Å². The summed E-state index contributed by atoms with van der Waals surface area (Å²) in [6.45, 7) is 3.11. The monoisotopic (exact) mass is 507 g/mol. The minimum Gasteiger partial charge on any atom is -0.493 e. The van der Waals surface area contributed by atoms with Gasteiger partial charge in [-0.1, -0.05) is 18.2 Å². The lowest BCUT2D eigenvalue weighted by atomic mass is 10.2. The second kappa shape index (κ2) is 11.3. The summed E-state index contributed by atoms with van der Waals surface area (Å²) in [4.78, 5) is 4.31. The average Bonchev–Trinajstić information content (AvgIpc) is 3.26. The number of rotatable bonds is 7. The number of nitrogens with zero attached hydrogens (tertiary/aromatic N) is 3. The smallest absolute Gasteiger partial charge is 0.195 e. The summed E-state index contributed by atoms with van der Waals surface area (Å²) in [5.41, 5.74) is 3.00. The molecule has 2 N–H and O–H groups in total. The number of methoxy groups -OCH3 is 1. The van der Waals surface area contributed by atoms with E-state index >= 15 is 0 Å². The van der Waals surface area contributed by atoms with E-state index < -0.39 is 0 Å². The van der Waals surface area contributed by atoms with Crippen molar-refractivity contribution in [1.29, 1.82) is 0 Å². The van der Waals surface area contributed by atoms with Gasteiger partial charge in [-0.05, 0) is 36.8 Å². The highest BCUT2D eigenvalue weighted by molar-refractivity contribution is 14.0. The Kier molecular flexibility index (Phi) is 8.78. The Morgan fingerprint density at radius 1 is 1.14 bits per heavy atom. The Hall–Kier alpha value is -2.75. The molecule has 2 aromatic carbocycles. The summed E-state index contributed by atoms with van der Waals surface area (Å²) in [7, 11) is 3.37.